The largest absolute Gasteiger partial charge is 0.292 e. The molecule has 0 saturated heterocycles. The van der Waals surface area contributed by atoms with E-state index in [1.807, 2.05) is 62.1 Å². The van der Waals surface area contributed by atoms with Gasteiger partial charge in [0.2, 0.25) is 5.91 Å². The highest BCUT2D eigenvalue weighted by atomic mass is 16.2. The lowest BCUT2D eigenvalue weighted by Crippen LogP contribution is -2.38. The van der Waals surface area contributed by atoms with Crippen LogP contribution in [0.1, 0.15) is 51.7 Å². The van der Waals surface area contributed by atoms with Crippen LogP contribution in [0.4, 0.5) is 5.82 Å². The Morgan fingerprint density at radius 2 is 1.58 bits per heavy atom. The predicted octanol–water partition coefficient (Wildman–Crippen LogP) is 4.96. The van der Waals surface area contributed by atoms with Crippen LogP contribution >= 0.6 is 0 Å². The van der Waals surface area contributed by atoms with E-state index in [0.717, 1.165) is 39.6 Å². The van der Waals surface area contributed by atoms with Crippen molar-refractivity contribution in [1.82, 2.24) is 19.7 Å². The number of aromatic nitrogens is 4. The van der Waals surface area contributed by atoms with Gasteiger partial charge >= 0.3 is 0 Å². The Hall–Kier alpha value is -3.80. The Morgan fingerprint density at radius 3 is 2.24 bits per heavy atom. The molecule has 2 aromatic heterocycles. The van der Waals surface area contributed by atoms with Gasteiger partial charge in [-0.15, -0.1) is 0 Å². The second-order valence-corrected chi connectivity index (χ2v) is 8.82. The van der Waals surface area contributed by atoms with Gasteiger partial charge in [-0.3, -0.25) is 9.69 Å². The van der Waals surface area contributed by atoms with Crippen molar-refractivity contribution in [3.05, 3.63) is 100.0 Å². The molecule has 166 valence electrons. The van der Waals surface area contributed by atoms with Crippen molar-refractivity contribution in [2.45, 2.75) is 46.6 Å². The molecule has 0 aliphatic carbocycles. The van der Waals surface area contributed by atoms with E-state index in [2.05, 4.69) is 41.2 Å². The van der Waals surface area contributed by atoms with Gasteiger partial charge in [-0.2, -0.15) is 9.78 Å². The summed E-state index contributed by atoms with van der Waals surface area (Å²) in [7, 11) is 0. The lowest BCUT2D eigenvalue weighted by molar-refractivity contribution is -0.119. The first kappa shape index (κ1) is 21.1. The molecule has 1 amide bonds. The smallest absolute Gasteiger partial charge is 0.252 e. The average Bonchev–Trinajstić information content (AvgIpc) is 3.13. The minimum Gasteiger partial charge on any atom is -0.292 e. The maximum absolute atomic E-state index is 13.6. The van der Waals surface area contributed by atoms with Crippen LogP contribution in [0.3, 0.4) is 0 Å². The van der Waals surface area contributed by atoms with Gasteiger partial charge in [-0.25, -0.2) is 9.97 Å². The third kappa shape index (κ3) is 3.93. The minimum absolute atomic E-state index is 0.0558. The molecule has 1 atom stereocenters. The third-order valence-corrected chi connectivity index (χ3v) is 6.19. The maximum Gasteiger partial charge on any atom is 0.252 e. The number of carbonyl (C=O) groups excluding carboxylic acids is 1. The van der Waals surface area contributed by atoms with E-state index in [4.69, 9.17) is 5.10 Å². The molecule has 0 bridgehead atoms. The Labute approximate surface area is 193 Å². The van der Waals surface area contributed by atoms with Crippen molar-refractivity contribution in [1.29, 1.82) is 0 Å². The van der Waals surface area contributed by atoms with Crippen LogP contribution in [-0.2, 0) is 11.3 Å². The SMILES string of the molecule is Cc1ccc([C@H]2CC(=O)N(Cc3ccccc3)c3c2c(C)nn3-c2nc(C)cc(C)n2)cc1. The molecule has 0 N–H and O–H groups in total. The van der Waals surface area contributed by atoms with Crippen LogP contribution in [-0.4, -0.2) is 25.7 Å². The fourth-order valence-electron chi connectivity index (χ4n) is 4.65. The number of carbonyl (C=O) groups is 1. The van der Waals surface area contributed by atoms with E-state index < -0.39 is 0 Å². The van der Waals surface area contributed by atoms with Gasteiger partial charge in [0.1, 0.15) is 5.82 Å². The highest BCUT2D eigenvalue weighted by Gasteiger charge is 2.38. The summed E-state index contributed by atoms with van der Waals surface area (Å²) in [6.07, 6.45) is 0.406. The highest BCUT2D eigenvalue weighted by Crippen LogP contribution is 2.43. The summed E-state index contributed by atoms with van der Waals surface area (Å²) in [6.45, 7) is 8.45. The van der Waals surface area contributed by atoms with Crippen molar-refractivity contribution in [2.24, 2.45) is 0 Å². The number of anilines is 1. The molecule has 4 aromatic rings. The summed E-state index contributed by atoms with van der Waals surface area (Å²) < 4.78 is 1.76. The minimum atomic E-state index is -0.0558. The molecule has 3 heterocycles. The Bertz CT molecular complexity index is 1300. The third-order valence-electron chi connectivity index (χ3n) is 6.19. The van der Waals surface area contributed by atoms with E-state index in [1.54, 1.807) is 4.68 Å². The lowest BCUT2D eigenvalue weighted by atomic mass is 9.84. The molecule has 6 nitrogen and oxygen atoms in total. The van der Waals surface area contributed by atoms with E-state index in [0.29, 0.717) is 18.9 Å². The number of hydrogen-bond acceptors (Lipinski definition) is 4. The van der Waals surface area contributed by atoms with Gasteiger partial charge in [0.15, 0.2) is 0 Å². The zero-order valence-corrected chi connectivity index (χ0v) is 19.4. The van der Waals surface area contributed by atoms with Gasteiger partial charge in [0.25, 0.3) is 5.95 Å². The van der Waals surface area contributed by atoms with Gasteiger partial charge in [-0.1, -0.05) is 60.2 Å². The molecule has 0 spiro atoms. The number of nitrogens with zero attached hydrogens (tertiary/aromatic N) is 5. The first-order valence-electron chi connectivity index (χ1n) is 11.2. The summed E-state index contributed by atoms with van der Waals surface area (Å²) in [5.41, 5.74) is 7.08. The standard InChI is InChI=1S/C27H27N5O/c1-17-10-12-22(13-11-17)23-15-24(33)31(16-21-8-6-5-7-9-21)26-25(23)20(4)30-32(26)27-28-18(2)14-19(3)29-27/h5-14,23H,15-16H2,1-4H3/t23-/m1/s1. The zero-order valence-electron chi connectivity index (χ0n) is 19.4. The molecule has 6 heteroatoms. The topological polar surface area (TPSA) is 63.9 Å². The van der Waals surface area contributed by atoms with Crippen LogP contribution < -0.4 is 4.90 Å². The Balaban J connectivity index is 1.71. The number of benzene rings is 2. The number of amides is 1. The van der Waals surface area contributed by atoms with Crippen molar-refractivity contribution >= 4 is 11.7 Å². The van der Waals surface area contributed by atoms with E-state index >= 15 is 0 Å². The summed E-state index contributed by atoms with van der Waals surface area (Å²) >= 11 is 0. The highest BCUT2D eigenvalue weighted by molar-refractivity contribution is 5.97. The molecule has 1 aliphatic heterocycles. The van der Waals surface area contributed by atoms with E-state index in [-0.39, 0.29) is 11.8 Å². The van der Waals surface area contributed by atoms with Gasteiger partial charge < -0.3 is 0 Å². The van der Waals surface area contributed by atoms with Gasteiger partial charge in [0, 0.05) is 29.3 Å². The lowest BCUT2D eigenvalue weighted by Gasteiger charge is -2.33. The molecule has 2 aromatic carbocycles. The molecule has 0 fully saturated rings. The summed E-state index contributed by atoms with van der Waals surface area (Å²) in [6, 6.07) is 20.4. The zero-order chi connectivity index (χ0) is 23.1. The molecular formula is C27H27N5O. The molecule has 33 heavy (non-hydrogen) atoms. The van der Waals surface area contributed by atoms with Crippen molar-refractivity contribution in [3.8, 4) is 5.95 Å². The summed E-state index contributed by atoms with van der Waals surface area (Å²) in [5, 5.41) is 4.86. The predicted molar refractivity (Wildman–Crippen MR) is 129 cm³/mol. The number of fused-ring (bicyclic) bond motifs is 1. The Morgan fingerprint density at radius 1 is 0.909 bits per heavy atom. The van der Waals surface area contributed by atoms with Crippen LogP contribution in [0.15, 0.2) is 60.7 Å². The van der Waals surface area contributed by atoms with Crippen LogP contribution in [0.5, 0.6) is 0 Å². The van der Waals surface area contributed by atoms with Crippen LogP contribution in [0.25, 0.3) is 5.95 Å². The quantitative estimate of drug-likeness (QED) is 0.452. The first-order chi connectivity index (χ1) is 15.9. The molecule has 0 saturated carbocycles. The number of aryl methyl sites for hydroxylation is 4. The monoisotopic (exact) mass is 437 g/mol. The molecular weight excluding hydrogens is 410 g/mol. The fourth-order valence-corrected chi connectivity index (χ4v) is 4.65. The second kappa shape index (κ2) is 8.28. The van der Waals surface area contributed by atoms with Crippen molar-refractivity contribution in [3.63, 3.8) is 0 Å². The average molecular weight is 438 g/mol. The number of hydrogen-bond donors (Lipinski definition) is 0. The summed E-state index contributed by atoms with van der Waals surface area (Å²) in [4.78, 5) is 24.7. The van der Waals surface area contributed by atoms with Crippen LogP contribution in [0.2, 0.25) is 0 Å². The molecule has 0 unspecified atom stereocenters. The fraction of sp³-hybridized carbons (Fsp3) is 0.259. The summed E-state index contributed by atoms with van der Waals surface area (Å²) in [5.74, 6) is 1.28. The second-order valence-electron chi connectivity index (χ2n) is 8.82. The van der Waals surface area contributed by atoms with Gasteiger partial charge in [-0.05, 0) is 44.9 Å². The molecule has 0 radical (unpaired) electrons. The van der Waals surface area contributed by atoms with Crippen LogP contribution in [0, 0.1) is 27.7 Å². The first-order valence-corrected chi connectivity index (χ1v) is 11.2. The van der Waals surface area contributed by atoms with Crippen molar-refractivity contribution < 1.29 is 4.79 Å². The maximum atomic E-state index is 13.6. The Kier molecular flexibility index (Phi) is 5.29. The van der Waals surface area contributed by atoms with E-state index in [9.17, 15) is 4.79 Å². The normalized spacial score (nSPS) is 15.6. The van der Waals surface area contributed by atoms with Crippen molar-refractivity contribution in [2.75, 3.05) is 4.90 Å². The molecule has 5 rings (SSSR count). The molecule has 1 aliphatic rings. The number of rotatable bonds is 4. The van der Waals surface area contributed by atoms with E-state index in [1.165, 1.54) is 5.56 Å². The van der Waals surface area contributed by atoms with Gasteiger partial charge in [0.05, 0.1) is 12.2 Å².